The molecule has 0 heterocycles. The van der Waals surface area contributed by atoms with Crippen molar-refractivity contribution in [3.05, 3.63) is 169 Å². The van der Waals surface area contributed by atoms with Crippen molar-refractivity contribution < 1.29 is 51.0 Å². The summed E-state index contributed by atoms with van der Waals surface area (Å²) >= 11 is 7.29. The van der Waals surface area contributed by atoms with Crippen LogP contribution in [0.2, 0.25) is 0 Å². The van der Waals surface area contributed by atoms with Gasteiger partial charge in [0.1, 0.15) is 0 Å². The zero-order chi connectivity index (χ0) is 27.5. The summed E-state index contributed by atoms with van der Waals surface area (Å²) in [7, 11) is 0. The summed E-state index contributed by atoms with van der Waals surface area (Å²) in [6.07, 6.45) is 11.5. The molecule has 0 saturated heterocycles. The van der Waals surface area contributed by atoms with E-state index in [1.54, 1.807) is 0 Å². The third-order valence-corrected chi connectivity index (χ3v) is 9.33. The van der Waals surface area contributed by atoms with Gasteiger partial charge in [-0.05, 0) is 74.5 Å². The van der Waals surface area contributed by atoms with Crippen molar-refractivity contribution in [1.29, 1.82) is 0 Å². The Labute approximate surface area is 305 Å². The minimum absolute atomic E-state index is 0. The fourth-order valence-electron chi connectivity index (χ4n) is 6.52. The average Bonchev–Trinajstić information content (AvgIpc) is 3.68. The third kappa shape index (κ3) is 5.46. The van der Waals surface area contributed by atoms with Crippen LogP contribution < -0.4 is 35.3 Å². The minimum atomic E-state index is 0. The van der Waals surface area contributed by atoms with Crippen molar-refractivity contribution in [3.63, 3.8) is 0 Å². The molecule has 0 saturated carbocycles. The average molecular weight is 814 g/mol. The topological polar surface area (TPSA) is 0 Å². The molecule has 5 heteroatoms. The van der Waals surface area contributed by atoms with Crippen molar-refractivity contribution in [2.24, 2.45) is 0 Å². The van der Waals surface area contributed by atoms with Gasteiger partial charge in [-0.15, -0.1) is 28.5 Å². The van der Waals surface area contributed by atoms with E-state index in [0.29, 0.717) is 0 Å². The number of hydrogen-bond donors (Lipinski definition) is 0. The number of allylic oxidation sites excluding steroid dienone is 4. The Morgan fingerprint density at radius 3 is 1.68 bits per heavy atom. The molecule has 0 amide bonds. The van der Waals surface area contributed by atoms with E-state index in [1.807, 2.05) is 0 Å². The van der Waals surface area contributed by atoms with Crippen LogP contribution >= 0.6 is 31.9 Å². The van der Waals surface area contributed by atoms with Crippen molar-refractivity contribution in [2.75, 3.05) is 0 Å². The van der Waals surface area contributed by atoms with Crippen molar-refractivity contribution in [3.8, 4) is 11.1 Å². The number of rotatable bonds is 3. The molecule has 8 rings (SSSR count). The first-order chi connectivity index (χ1) is 20.2. The fraction of sp³-hybridized carbons (Fsp3) is 0.0256. The maximum absolute atomic E-state index is 3.87. The Hall–Kier alpha value is -2.52. The molecule has 0 aromatic heterocycles. The second-order valence-electron chi connectivity index (χ2n) is 10.6. The van der Waals surface area contributed by atoms with Gasteiger partial charge in [-0.2, -0.15) is 0 Å². The summed E-state index contributed by atoms with van der Waals surface area (Å²) < 4.78 is 2.15. The van der Waals surface area contributed by atoms with E-state index in [2.05, 4.69) is 165 Å². The first kappa shape index (κ1) is 32.9. The standard InChI is InChI=1S/C39H23Br2.2ClH.Zr/c40-28-18-13-25(14-19-28)36(26-15-20-29(41)21-16-26)34-22-17-27-23-35-32-11-4-3-9-30(32)31-10-5-6-12-33(31)39(35)38(27)37(34)24-7-1-2-8-24;;;/h1-7,9-22H,8H2;2*1H;/q-1;;;+3/p-2. The summed E-state index contributed by atoms with van der Waals surface area (Å²) in [5, 5.41) is 7.52. The van der Waals surface area contributed by atoms with E-state index >= 15 is 0 Å². The fourth-order valence-corrected chi connectivity index (χ4v) is 7.05. The van der Waals surface area contributed by atoms with Crippen LogP contribution in [-0.2, 0) is 26.2 Å². The number of halogens is 4. The maximum atomic E-state index is 3.87. The molecule has 1 radical (unpaired) electrons. The smallest absolute Gasteiger partial charge is 1.00 e. The van der Waals surface area contributed by atoms with Crippen LogP contribution in [0.15, 0.2) is 136 Å². The van der Waals surface area contributed by atoms with Crippen molar-refractivity contribution in [2.45, 2.75) is 6.42 Å². The Bertz CT molecular complexity index is 2190. The summed E-state index contributed by atoms with van der Waals surface area (Å²) in [5.74, 6) is 0. The van der Waals surface area contributed by atoms with Crippen LogP contribution in [-0.4, -0.2) is 0 Å². The molecule has 2 aliphatic rings. The van der Waals surface area contributed by atoms with Crippen molar-refractivity contribution in [1.82, 2.24) is 0 Å². The first-order valence-electron chi connectivity index (χ1n) is 13.8. The van der Waals surface area contributed by atoms with Crippen LogP contribution in [0.3, 0.4) is 0 Å². The van der Waals surface area contributed by atoms with E-state index in [0.717, 1.165) is 15.4 Å². The molecule has 0 nitrogen and oxygen atoms in total. The van der Waals surface area contributed by atoms with Gasteiger partial charge in [-0.1, -0.05) is 145 Å². The molecule has 211 valence electrons. The second-order valence-corrected chi connectivity index (χ2v) is 12.4. The normalized spacial score (nSPS) is 12.4. The van der Waals surface area contributed by atoms with E-state index < -0.39 is 0 Å². The van der Waals surface area contributed by atoms with Crippen LogP contribution in [0, 0.1) is 0 Å². The van der Waals surface area contributed by atoms with Gasteiger partial charge >= 0.3 is 26.2 Å². The molecule has 0 atom stereocenters. The monoisotopic (exact) mass is 809 g/mol. The van der Waals surface area contributed by atoms with Gasteiger partial charge in [0.25, 0.3) is 0 Å². The molecule has 6 aromatic rings. The largest absolute Gasteiger partial charge is 3.00 e. The van der Waals surface area contributed by atoms with E-state index in [4.69, 9.17) is 0 Å². The van der Waals surface area contributed by atoms with E-state index in [9.17, 15) is 0 Å². The molecule has 0 aliphatic heterocycles. The van der Waals surface area contributed by atoms with Gasteiger partial charge in [0.15, 0.2) is 0 Å². The molecule has 0 fully saturated rings. The van der Waals surface area contributed by atoms with Crippen LogP contribution in [0.4, 0.5) is 0 Å². The Morgan fingerprint density at radius 1 is 0.568 bits per heavy atom. The SMILES string of the molecule is Brc1ccc(C(c2ccc(Br)cc2)=c2ccc3c(c2C2=CC=CC2)-c2c(c4ccccc4c4ccccc24)[C-]=3)cc1.[Cl-].[Cl-].[Zr+3]. The minimum Gasteiger partial charge on any atom is -1.00 e. The van der Waals surface area contributed by atoms with Crippen LogP contribution in [0.25, 0.3) is 49.9 Å². The van der Waals surface area contributed by atoms with Gasteiger partial charge < -0.3 is 24.8 Å². The summed E-state index contributed by atoms with van der Waals surface area (Å²) in [6, 6.07) is 39.6. The Kier molecular flexibility index (Phi) is 10.1. The molecule has 0 unspecified atom stereocenters. The molecule has 44 heavy (non-hydrogen) atoms. The van der Waals surface area contributed by atoms with Gasteiger partial charge in [0, 0.05) is 8.95 Å². The van der Waals surface area contributed by atoms with Crippen LogP contribution in [0.5, 0.6) is 0 Å². The number of fused-ring (bicyclic) bond motifs is 8. The van der Waals surface area contributed by atoms with Gasteiger partial charge in [-0.3, -0.25) is 0 Å². The molecular weight excluding hydrogens is 790 g/mol. The number of benzene rings is 6. The second kappa shape index (κ2) is 13.5. The number of hydrogen-bond acceptors (Lipinski definition) is 0. The summed E-state index contributed by atoms with van der Waals surface area (Å²) in [6.45, 7) is 0. The Morgan fingerprint density at radius 2 is 1.11 bits per heavy atom. The van der Waals surface area contributed by atoms with Gasteiger partial charge in [0.05, 0.1) is 0 Å². The molecule has 2 aliphatic carbocycles. The van der Waals surface area contributed by atoms with Crippen LogP contribution in [0.1, 0.15) is 28.7 Å². The first-order valence-corrected chi connectivity index (χ1v) is 15.4. The predicted octanol–water partition coefficient (Wildman–Crippen LogP) is 3.80. The van der Waals surface area contributed by atoms with E-state index in [1.165, 1.54) is 76.5 Å². The zero-order valence-corrected chi connectivity index (χ0v) is 30.5. The summed E-state index contributed by atoms with van der Waals surface area (Å²) in [4.78, 5) is 0. The molecule has 0 spiro atoms. The van der Waals surface area contributed by atoms with E-state index in [-0.39, 0.29) is 51.0 Å². The van der Waals surface area contributed by atoms with Crippen molar-refractivity contribution >= 4 is 70.6 Å². The maximum Gasteiger partial charge on any atom is 3.00 e. The Balaban J connectivity index is 0.00000128. The molecular formula is C39H23Br2Cl2Zr. The third-order valence-electron chi connectivity index (χ3n) is 8.28. The predicted molar refractivity (Wildman–Crippen MR) is 180 cm³/mol. The quantitative estimate of drug-likeness (QED) is 0.189. The molecule has 0 bridgehead atoms. The zero-order valence-electron chi connectivity index (χ0n) is 23.3. The molecule has 0 N–H and O–H groups in total. The molecule has 6 aromatic carbocycles. The summed E-state index contributed by atoms with van der Waals surface area (Å²) in [5.41, 5.74) is 10.1. The van der Waals surface area contributed by atoms with Gasteiger partial charge in [0.2, 0.25) is 0 Å². The van der Waals surface area contributed by atoms with Gasteiger partial charge in [-0.25, -0.2) is 0 Å².